The number of nitrogens with one attached hydrogen (secondary N) is 2. The van der Waals surface area contributed by atoms with Crippen LogP contribution in [-0.4, -0.2) is 58.9 Å². The molecule has 1 unspecified atom stereocenters. The third kappa shape index (κ3) is 9.92. The van der Waals surface area contributed by atoms with Crippen LogP contribution in [0.3, 0.4) is 0 Å². The van der Waals surface area contributed by atoms with Crippen LogP contribution in [0.15, 0.2) is 0 Å². The second-order valence-corrected chi connectivity index (χ2v) is 6.64. The molecule has 0 aliphatic carbocycles. The SMILES string of the molecule is CCCCC(NC(=O)[C@H](CC(=O)O)NC(=O)[C@@H](N)CCSC)C(N)=O. The van der Waals surface area contributed by atoms with Crippen molar-refractivity contribution in [3.8, 4) is 0 Å². The first-order chi connectivity index (χ1) is 11.7. The lowest BCUT2D eigenvalue weighted by atomic mass is 10.1. The van der Waals surface area contributed by atoms with Gasteiger partial charge in [-0.15, -0.1) is 0 Å². The number of aliphatic carboxylic acids is 1. The highest BCUT2D eigenvalue weighted by Crippen LogP contribution is 2.04. The minimum Gasteiger partial charge on any atom is -0.481 e. The smallest absolute Gasteiger partial charge is 0.305 e. The topological polar surface area (TPSA) is 165 Å². The third-order valence-electron chi connectivity index (χ3n) is 3.49. The normalized spacial score (nSPS) is 14.2. The van der Waals surface area contributed by atoms with Gasteiger partial charge < -0.3 is 27.2 Å². The van der Waals surface area contributed by atoms with Gasteiger partial charge in [-0.05, 0) is 24.9 Å². The van der Waals surface area contributed by atoms with Gasteiger partial charge in [-0.1, -0.05) is 19.8 Å². The summed E-state index contributed by atoms with van der Waals surface area (Å²) in [6.07, 6.45) is 3.47. The van der Waals surface area contributed by atoms with Crippen LogP contribution >= 0.6 is 11.8 Å². The molecular weight excluding hydrogens is 348 g/mol. The second-order valence-electron chi connectivity index (χ2n) is 5.65. The summed E-state index contributed by atoms with van der Waals surface area (Å²) < 4.78 is 0. The van der Waals surface area contributed by atoms with Crippen molar-refractivity contribution >= 4 is 35.5 Å². The third-order valence-corrected chi connectivity index (χ3v) is 4.13. The maximum absolute atomic E-state index is 12.3. The van der Waals surface area contributed by atoms with Gasteiger partial charge >= 0.3 is 5.97 Å². The monoisotopic (exact) mass is 376 g/mol. The number of carboxylic acids is 1. The number of primary amides is 1. The number of hydrogen-bond donors (Lipinski definition) is 5. The van der Waals surface area contributed by atoms with E-state index in [-0.39, 0.29) is 0 Å². The second kappa shape index (κ2) is 12.5. The Kier molecular flexibility index (Phi) is 11.6. The highest BCUT2D eigenvalue weighted by Gasteiger charge is 2.28. The van der Waals surface area contributed by atoms with Crippen molar-refractivity contribution in [3.63, 3.8) is 0 Å². The Bertz CT molecular complexity index is 475. The number of hydrogen-bond acceptors (Lipinski definition) is 6. The molecule has 0 aliphatic rings. The van der Waals surface area contributed by atoms with Gasteiger partial charge in [0.25, 0.3) is 0 Å². The molecule has 10 heteroatoms. The predicted molar refractivity (Wildman–Crippen MR) is 95.8 cm³/mol. The van der Waals surface area contributed by atoms with E-state index in [1.54, 1.807) is 0 Å². The summed E-state index contributed by atoms with van der Waals surface area (Å²) in [7, 11) is 0. The summed E-state index contributed by atoms with van der Waals surface area (Å²) in [5.41, 5.74) is 11.0. The van der Waals surface area contributed by atoms with Crippen LogP contribution in [0.4, 0.5) is 0 Å². The van der Waals surface area contributed by atoms with Gasteiger partial charge in [-0.2, -0.15) is 11.8 Å². The van der Waals surface area contributed by atoms with E-state index in [0.717, 1.165) is 6.42 Å². The van der Waals surface area contributed by atoms with Crippen molar-refractivity contribution in [3.05, 3.63) is 0 Å². The molecule has 0 saturated heterocycles. The van der Waals surface area contributed by atoms with Gasteiger partial charge in [0.2, 0.25) is 17.7 Å². The Labute approximate surface area is 151 Å². The van der Waals surface area contributed by atoms with Gasteiger partial charge in [0.1, 0.15) is 12.1 Å². The average Bonchev–Trinajstić information content (AvgIpc) is 2.54. The van der Waals surface area contributed by atoms with Crippen LogP contribution in [0.25, 0.3) is 0 Å². The van der Waals surface area contributed by atoms with Gasteiger partial charge in [-0.3, -0.25) is 19.2 Å². The number of thioether (sulfide) groups is 1. The van der Waals surface area contributed by atoms with Crippen LogP contribution in [-0.2, 0) is 19.2 Å². The summed E-state index contributed by atoms with van der Waals surface area (Å²) in [6, 6.07) is -3.08. The van der Waals surface area contributed by atoms with Crippen molar-refractivity contribution < 1.29 is 24.3 Å². The van der Waals surface area contributed by atoms with E-state index in [9.17, 15) is 19.2 Å². The number of carbonyl (C=O) groups excluding carboxylic acids is 3. The molecule has 0 heterocycles. The fraction of sp³-hybridized carbons (Fsp3) is 0.733. The number of carbonyl (C=O) groups is 4. The first-order valence-corrected chi connectivity index (χ1v) is 9.48. The Hall–Kier alpha value is -1.81. The van der Waals surface area contributed by atoms with E-state index in [0.29, 0.717) is 25.0 Å². The summed E-state index contributed by atoms with van der Waals surface area (Å²) in [5, 5.41) is 13.7. The molecule has 144 valence electrons. The Morgan fingerprint density at radius 3 is 2.16 bits per heavy atom. The van der Waals surface area contributed by atoms with Crippen LogP contribution in [0, 0.1) is 0 Å². The van der Waals surface area contributed by atoms with Crippen molar-refractivity contribution in [1.29, 1.82) is 0 Å². The van der Waals surface area contributed by atoms with Gasteiger partial charge in [0.05, 0.1) is 12.5 Å². The molecule has 0 aromatic carbocycles. The van der Waals surface area contributed by atoms with E-state index in [2.05, 4.69) is 10.6 Å². The molecule has 0 aromatic rings. The molecule has 3 amide bonds. The summed E-state index contributed by atoms with van der Waals surface area (Å²) >= 11 is 1.52. The highest BCUT2D eigenvalue weighted by atomic mass is 32.2. The van der Waals surface area contributed by atoms with E-state index in [1.807, 2.05) is 13.2 Å². The van der Waals surface area contributed by atoms with E-state index in [1.165, 1.54) is 11.8 Å². The number of amides is 3. The van der Waals surface area contributed by atoms with Crippen LogP contribution in [0.5, 0.6) is 0 Å². The minimum atomic E-state index is -1.33. The molecule has 0 saturated carbocycles. The van der Waals surface area contributed by atoms with Crippen LogP contribution in [0.2, 0.25) is 0 Å². The van der Waals surface area contributed by atoms with Crippen molar-refractivity contribution in [2.45, 2.75) is 57.2 Å². The zero-order chi connectivity index (χ0) is 19.4. The molecule has 0 rings (SSSR count). The number of rotatable bonds is 13. The van der Waals surface area contributed by atoms with Gasteiger partial charge in [0, 0.05) is 0 Å². The fourth-order valence-electron chi connectivity index (χ4n) is 2.00. The van der Waals surface area contributed by atoms with E-state index < -0.39 is 48.2 Å². The Balaban J connectivity index is 4.92. The zero-order valence-electron chi connectivity index (χ0n) is 14.6. The first-order valence-electron chi connectivity index (χ1n) is 8.09. The van der Waals surface area contributed by atoms with Crippen LogP contribution < -0.4 is 22.1 Å². The Morgan fingerprint density at radius 2 is 1.68 bits per heavy atom. The number of carboxylic acid groups (broad SMARTS) is 1. The summed E-state index contributed by atoms with van der Waals surface area (Å²) in [5.74, 6) is -2.70. The lowest BCUT2D eigenvalue weighted by Crippen LogP contribution is -2.55. The molecule has 0 aliphatic heterocycles. The van der Waals surface area contributed by atoms with Gasteiger partial charge in [0.15, 0.2) is 0 Å². The Morgan fingerprint density at radius 1 is 1.08 bits per heavy atom. The predicted octanol–water partition coefficient (Wildman–Crippen LogP) is -0.813. The summed E-state index contributed by atoms with van der Waals surface area (Å²) in [6.45, 7) is 1.92. The van der Waals surface area contributed by atoms with Crippen LogP contribution in [0.1, 0.15) is 39.0 Å². The summed E-state index contributed by atoms with van der Waals surface area (Å²) in [4.78, 5) is 46.7. The molecule has 9 nitrogen and oxygen atoms in total. The average molecular weight is 376 g/mol. The zero-order valence-corrected chi connectivity index (χ0v) is 15.4. The molecule has 25 heavy (non-hydrogen) atoms. The minimum absolute atomic E-state index is 0.346. The van der Waals surface area contributed by atoms with E-state index >= 15 is 0 Å². The molecular formula is C15H28N4O5S. The maximum Gasteiger partial charge on any atom is 0.305 e. The lowest BCUT2D eigenvalue weighted by Gasteiger charge is -2.22. The maximum atomic E-state index is 12.3. The number of unbranched alkanes of at least 4 members (excludes halogenated alkanes) is 1. The van der Waals surface area contributed by atoms with Gasteiger partial charge in [-0.25, -0.2) is 0 Å². The molecule has 0 fully saturated rings. The number of nitrogens with two attached hydrogens (primary N) is 2. The highest BCUT2D eigenvalue weighted by molar-refractivity contribution is 7.98. The van der Waals surface area contributed by atoms with Crippen molar-refractivity contribution in [2.75, 3.05) is 12.0 Å². The quantitative estimate of drug-likeness (QED) is 0.280. The molecule has 0 aromatic heterocycles. The molecule has 7 N–H and O–H groups in total. The molecule has 0 spiro atoms. The van der Waals surface area contributed by atoms with Crippen molar-refractivity contribution in [1.82, 2.24) is 10.6 Å². The lowest BCUT2D eigenvalue weighted by molar-refractivity contribution is -0.141. The molecule has 3 atom stereocenters. The van der Waals surface area contributed by atoms with Crippen molar-refractivity contribution in [2.24, 2.45) is 11.5 Å². The fourth-order valence-corrected chi connectivity index (χ4v) is 2.49. The van der Waals surface area contributed by atoms with E-state index in [4.69, 9.17) is 16.6 Å². The molecule has 0 bridgehead atoms. The molecule has 0 radical (unpaired) electrons. The largest absolute Gasteiger partial charge is 0.481 e. The first kappa shape index (κ1) is 23.2. The standard InChI is InChI=1S/C15H28N4O5S/c1-3-4-5-10(13(17)22)18-15(24)11(8-12(20)21)19-14(23)9(16)6-7-25-2/h9-11H,3-8,16H2,1-2H3,(H2,17,22)(H,18,24)(H,19,23)(H,20,21)/t9-,10?,11-/m0/s1.